The summed E-state index contributed by atoms with van der Waals surface area (Å²) in [5.41, 5.74) is 2.56. The Hall–Kier alpha value is -2.96. The second-order valence-corrected chi connectivity index (χ2v) is 4.74. The van der Waals surface area contributed by atoms with Crippen LogP contribution in [-0.4, -0.2) is 32.6 Å². The van der Waals surface area contributed by atoms with E-state index in [2.05, 4.69) is 20.4 Å². The monoisotopic (exact) mass is 297 g/mol. The minimum Gasteiger partial charge on any atom is -0.481 e. The van der Waals surface area contributed by atoms with E-state index in [1.165, 1.54) is 0 Å². The van der Waals surface area contributed by atoms with Crippen molar-refractivity contribution in [2.75, 3.05) is 7.11 Å². The average Bonchev–Trinajstić information content (AvgIpc) is 2.89. The van der Waals surface area contributed by atoms with Gasteiger partial charge in [0.1, 0.15) is 5.56 Å². The Morgan fingerprint density at radius 1 is 1.36 bits per heavy atom. The quantitative estimate of drug-likeness (QED) is 0.786. The Bertz CT molecular complexity index is 810. The van der Waals surface area contributed by atoms with Gasteiger partial charge in [0.2, 0.25) is 5.88 Å². The molecule has 0 aromatic carbocycles. The highest BCUT2D eigenvalue weighted by Crippen LogP contribution is 2.13. The first-order chi connectivity index (χ1) is 10.7. The largest absolute Gasteiger partial charge is 0.481 e. The van der Waals surface area contributed by atoms with Crippen LogP contribution in [0.25, 0.3) is 5.65 Å². The number of carbonyl (C=O) groups is 1. The molecule has 0 aliphatic heterocycles. The molecule has 0 unspecified atom stereocenters. The number of fused-ring (bicyclic) bond motifs is 1. The van der Waals surface area contributed by atoms with Crippen molar-refractivity contribution in [3.8, 4) is 5.88 Å². The summed E-state index contributed by atoms with van der Waals surface area (Å²) in [5.74, 6) is 0.333. The zero-order chi connectivity index (χ0) is 15.5. The zero-order valence-corrected chi connectivity index (χ0v) is 12.3. The number of rotatable bonds is 4. The number of hydrogen-bond donors (Lipinski definition) is 1. The first-order valence-corrected chi connectivity index (χ1v) is 6.76. The van der Waals surface area contributed by atoms with Gasteiger partial charge in [-0.3, -0.25) is 4.79 Å². The maximum absolute atomic E-state index is 12.4. The van der Waals surface area contributed by atoms with Crippen LogP contribution in [0, 0.1) is 6.92 Å². The lowest BCUT2D eigenvalue weighted by molar-refractivity contribution is 0.0951. The minimum absolute atomic E-state index is 0.206. The van der Waals surface area contributed by atoms with E-state index in [0.29, 0.717) is 29.3 Å². The van der Waals surface area contributed by atoms with Crippen LogP contribution in [-0.2, 0) is 6.54 Å². The van der Waals surface area contributed by atoms with Crippen molar-refractivity contribution in [1.82, 2.24) is 24.9 Å². The molecule has 0 saturated heterocycles. The number of pyridine rings is 1. The van der Waals surface area contributed by atoms with Crippen molar-refractivity contribution in [2.45, 2.75) is 13.5 Å². The summed E-state index contributed by atoms with van der Waals surface area (Å²) in [4.78, 5) is 20.7. The molecular formula is C15H15N5O2. The summed E-state index contributed by atoms with van der Waals surface area (Å²) in [6.45, 7) is 2.16. The smallest absolute Gasteiger partial charge is 0.257 e. The van der Waals surface area contributed by atoms with Gasteiger partial charge in [-0.2, -0.15) is 5.10 Å². The Morgan fingerprint density at radius 2 is 2.23 bits per heavy atom. The summed E-state index contributed by atoms with van der Waals surface area (Å²) >= 11 is 0. The van der Waals surface area contributed by atoms with Crippen LogP contribution in [0.5, 0.6) is 5.88 Å². The third-order valence-corrected chi connectivity index (χ3v) is 3.26. The summed E-state index contributed by atoms with van der Waals surface area (Å²) < 4.78 is 6.60. The van der Waals surface area contributed by atoms with E-state index in [4.69, 9.17) is 4.74 Å². The molecule has 3 aromatic rings. The number of nitrogens with zero attached hydrogens (tertiary/aromatic N) is 4. The number of ether oxygens (including phenoxy) is 1. The molecule has 7 heteroatoms. The lowest BCUT2D eigenvalue weighted by Gasteiger charge is -2.05. The number of nitrogens with one attached hydrogen (secondary N) is 1. The lowest BCUT2D eigenvalue weighted by atomic mass is 10.2. The van der Waals surface area contributed by atoms with Gasteiger partial charge >= 0.3 is 0 Å². The fraction of sp³-hybridized carbons (Fsp3) is 0.200. The highest BCUT2D eigenvalue weighted by Gasteiger charge is 2.17. The highest BCUT2D eigenvalue weighted by molar-refractivity contribution is 6.00. The van der Waals surface area contributed by atoms with E-state index in [9.17, 15) is 4.79 Å². The molecule has 0 aliphatic rings. The Labute approximate surface area is 127 Å². The van der Waals surface area contributed by atoms with Crippen LogP contribution >= 0.6 is 0 Å². The van der Waals surface area contributed by atoms with Crippen molar-refractivity contribution in [3.05, 3.63) is 53.6 Å². The average molecular weight is 297 g/mol. The molecule has 0 fully saturated rings. The molecule has 0 atom stereocenters. The fourth-order valence-corrected chi connectivity index (χ4v) is 2.17. The highest BCUT2D eigenvalue weighted by atomic mass is 16.5. The van der Waals surface area contributed by atoms with Gasteiger partial charge in [0.15, 0.2) is 5.65 Å². The third kappa shape index (κ3) is 2.60. The summed E-state index contributed by atoms with van der Waals surface area (Å²) in [7, 11) is 1.56. The molecule has 0 radical (unpaired) electrons. The third-order valence-electron chi connectivity index (χ3n) is 3.26. The van der Waals surface area contributed by atoms with Gasteiger partial charge in [0.25, 0.3) is 5.91 Å². The molecule has 1 amide bonds. The molecule has 3 rings (SSSR count). The topological polar surface area (TPSA) is 81.4 Å². The fourth-order valence-electron chi connectivity index (χ4n) is 2.17. The molecule has 22 heavy (non-hydrogen) atoms. The molecule has 3 heterocycles. The van der Waals surface area contributed by atoms with Crippen LogP contribution in [0.1, 0.15) is 21.6 Å². The molecular weight excluding hydrogens is 282 g/mol. The second kappa shape index (κ2) is 5.80. The van der Waals surface area contributed by atoms with E-state index >= 15 is 0 Å². The SMILES string of the molecule is COc1ccc(CNC(=O)c2c(C)nn3cccnc23)cn1. The van der Waals surface area contributed by atoms with Gasteiger partial charge in [0, 0.05) is 31.2 Å². The maximum Gasteiger partial charge on any atom is 0.257 e. The van der Waals surface area contributed by atoms with Crippen LogP contribution < -0.4 is 10.1 Å². The minimum atomic E-state index is -0.206. The number of methoxy groups -OCH3 is 1. The number of aromatic nitrogens is 4. The van der Waals surface area contributed by atoms with Crippen LogP contribution in [0.2, 0.25) is 0 Å². The predicted octanol–water partition coefficient (Wildman–Crippen LogP) is 1.37. The van der Waals surface area contributed by atoms with Gasteiger partial charge in [0.05, 0.1) is 12.8 Å². The molecule has 3 aromatic heterocycles. The number of aryl methyl sites for hydroxylation is 1. The van der Waals surface area contributed by atoms with Crippen molar-refractivity contribution < 1.29 is 9.53 Å². The van der Waals surface area contributed by atoms with Gasteiger partial charge in [-0.1, -0.05) is 6.07 Å². The summed E-state index contributed by atoms with van der Waals surface area (Å²) in [6.07, 6.45) is 5.07. The van der Waals surface area contributed by atoms with E-state index < -0.39 is 0 Å². The van der Waals surface area contributed by atoms with Crippen molar-refractivity contribution in [3.63, 3.8) is 0 Å². The maximum atomic E-state index is 12.4. The number of hydrogen-bond acceptors (Lipinski definition) is 5. The molecule has 0 spiro atoms. The Morgan fingerprint density at radius 3 is 2.95 bits per heavy atom. The van der Waals surface area contributed by atoms with Crippen molar-refractivity contribution in [2.24, 2.45) is 0 Å². The van der Waals surface area contributed by atoms with Gasteiger partial charge in [-0.15, -0.1) is 0 Å². The van der Waals surface area contributed by atoms with Gasteiger partial charge in [-0.25, -0.2) is 14.5 Å². The van der Waals surface area contributed by atoms with E-state index in [-0.39, 0.29) is 5.91 Å². The van der Waals surface area contributed by atoms with E-state index in [1.807, 2.05) is 6.07 Å². The number of carbonyl (C=O) groups excluding carboxylic acids is 1. The van der Waals surface area contributed by atoms with Crippen LogP contribution in [0.3, 0.4) is 0 Å². The number of amides is 1. The zero-order valence-electron chi connectivity index (χ0n) is 12.3. The molecule has 0 bridgehead atoms. The normalized spacial score (nSPS) is 10.6. The van der Waals surface area contributed by atoms with E-state index in [1.54, 1.807) is 49.3 Å². The molecule has 1 N–H and O–H groups in total. The second-order valence-electron chi connectivity index (χ2n) is 4.74. The van der Waals surface area contributed by atoms with Crippen molar-refractivity contribution >= 4 is 11.6 Å². The van der Waals surface area contributed by atoms with Crippen LogP contribution in [0.15, 0.2) is 36.8 Å². The summed E-state index contributed by atoms with van der Waals surface area (Å²) in [6, 6.07) is 5.38. The van der Waals surface area contributed by atoms with Gasteiger partial charge in [-0.05, 0) is 18.6 Å². The first kappa shape index (κ1) is 14.0. The van der Waals surface area contributed by atoms with Crippen LogP contribution in [0.4, 0.5) is 0 Å². The Kier molecular flexibility index (Phi) is 3.69. The molecule has 112 valence electrons. The molecule has 7 nitrogen and oxygen atoms in total. The molecule has 0 aliphatic carbocycles. The lowest BCUT2D eigenvalue weighted by Crippen LogP contribution is -2.23. The van der Waals surface area contributed by atoms with E-state index in [0.717, 1.165) is 5.56 Å². The van der Waals surface area contributed by atoms with Crippen molar-refractivity contribution in [1.29, 1.82) is 0 Å². The first-order valence-electron chi connectivity index (χ1n) is 6.76. The summed E-state index contributed by atoms with van der Waals surface area (Å²) in [5, 5.41) is 7.14. The standard InChI is InChI=1S/C15H15N5O2/c1-10-13(14-16-6-3-7-20(14)19-10)15(21)18-9-11-4-5-12(22-2)17-8-11/h3-8H,9H2,1-2H3,(H,18,21). The predicted molar refractivity (Wildman–Crippen MR) is 79.7 cm³/mol. The molecule has 0 saturated carbocycles. The Balaban J connectivity index is 1.77. The van der Waals surface area contributed by atoms with Gasteiger partial charge < -0.3 is 10.1 Å².